The Morgan fingerprint density at radius 2 is 2.04 bits per heavy atom. The van der Waals surface area contributed by atoms with Crippen LogP contribution in [0.25, 0.3) is 0 Å². The second-order valence-electron chi connectivity index (χ2n) is 7.23. The fourth-order valence-corrected chi connectivity index (χ4v) is 4.64. The molecule has 0 fully saturated rings. The summed E-state index contributed by atoms with van der Waals surface area (Å²) in [6, 6.07) is 0. The number of anilines is 1. The van der Waals surface area contributed by atoms with Crippen molar-refractivity contribution in [3.63, 3.8) is 0 Å². The van der Waals surface area contributed by atoms with Gasteiger partial charge in [0.15, 0.2) is 5.11 Å². The average Bonchev–Trinajstić information content (AvgIpc) is 2.82. The van der Waals surface area contributed by atoms with E-state index in [1.165, 1.54) is 16.2 Å². The van der Waals surface area contributed by atoms with Gasteiger partial charge in [-0.1, -0.05) is 27.7 Å². The number of fused-ring (bicyclic) bond motifs is 1. The first-order valence-electron chi connectivity index (χ1n) is 8.18. The predicted molar refractivity (Wildman–Crippen MR) is 102 cm³/mol. The molecule has 24 heavy (non-hydrogen) atoms. The standard InChI is InChI=1S/C17H25N3O2S2/c1-5-12(21)19-16(23)20-15-13(14(18)22)10-7-6-9(17(2,3)4)8-11(10)24-15/h9H,5-8H2,1-4H3,(H2,18,22)(H2,19,20,21,23)/t9-/m1/s1. The van der Waals surface area contributed by atoms with Gasteiger partial charge in [0, 0.05) is 11.3 Å². The smallest absolute Gasteiger partial charge is 0.251 e. The molecule has 1 aliphatic rings. The predicted octanol–water partition coefficient (Wildman–Crippen LogP) is 3.22. The Morgan fingerprint density at radius 1 is 1.38 bits per heavy atom. The van der Waals surface area contributed by atoms with Crippen LogP contribution in [0.4, 0.5) is 5.00 Å². The first-order chi connectivity index (χ1) is 11.1. The largest absolute Gasteiger partial charge is 0.365 e. The Hall–Kier alpha value is -1.47. The number of nitrogens with two attached hydrogens (primary N) is 1. The molecule has 1 aliphatic carbocycles. The van der Waals surface area contributed by atoms with E-state index in [2.05, 4.69) is 31.4 Å². The Morgan fingerprint density at radius 3 is 2.58 bits per heavy atom. The molecular formula is C17H25N3O2S2. The van der Waals surface area contributed by atoms with Crippen LogP contribution in [0.3, 0.4) is 0 Å². The zero-order valence-corrected chi connectivity index (χ0v) is 16.2. The van der Waals surface area contributed by atoms with Gasteiger partial charge in [-0.05, 0) is 48.4 Å². The lowest BCUT2D eigenvalue weighted by Gasteiger charge is -2.33. The summed E-state index contributed by atoms with van der Waals surface area (Å²) in [6.45, 7) is 8.50. The van der Waals surface area contributed by atoms with Crippen molar-refractivity contribution in [2.45, 2.75) is 53.4 Å². The summed E-state index contributed by atoms with van der Waals surface area (Å²) >= 11 is 6.68. The third-order valence-corrected chi connectivity index (χ3v) is 5.91. The van der Waals surface area contributed by atoms with Gasteiger partial charge in [0.25, 0.3) is 5.91 Å². The number of hydrogen-bond donors (Lipinski definition) is 3. The quantitative estimate of drug-likeness (QED) is 0.716. The van der Waals surface area contributed by atoms with Crippen molar-refractivity contribution in [2.24, 2.45) is 17.1 Å². The van der Waals surface area contributed by atoms with E-state index in [9.17, 15) is 9.59 Å². The molecule has 2 rings (SSSR count). The fourth-order valence-electron chi connectivity index (χ4n) is 3.02. The maximum absolute atomic E-state index is 12.0. The molecule has 0 aromatic carbocycles. The molecule has 0 bridgehead atoms. The molecule has 0 saturated heterocycles. The number of nitrogens with one attached hydrogen (secondary N) is 2. The van der Waals surface area contributed by atoms with E-state index in [-0.39, 0.29) is 16.4 Å². The van der Waals surface area contributed by atoms with Gasteiger partial charge in [-0.3, -0.25) is 9.59 Å². The lowest BCUT2D eigenvalue weighted by Crippen LogP contribution is -2.33. The van der Waals surface area contributed by atoms with Crippen molar-refractivity contribution in [1.82, 2.24) is 5.32 Å². The molecule has 0 radical (unpaired) electrons. The van der Waals surface area contributed by atoms with Crippen LogP contribution in [0.15, 0.2) is 0 Å². The number of hydrogen-bond acceptors (Lipinski definition) is 4. The van der Waals surface area contributed by atoms with E-state index in [0.29, 0.717) is 22.9 Å². The van der Waals surface area contributed by atoms with Crippen LogP contribution in [-0.2, 0) is 17.6 Å². The molecule has 7 heteroatoms. The van der Waals surface area contributed by atoms with Crippen LogP contribution in [0.2, 0.25) is 0 Å². The van der Waals surface area contributed by atoms with Gasteiger partial charge in [0.2, 0.25) is 5.91 Å². The highest BCUT2D eigenvalue weighted by molar-refractivity contribution is 7.80. The number of amides is 2. The fraction of sp³-hybridized carbons (Fsp3) is 0.588. The van der Waals surface area contributed by atoms with Gasteiger partial charge in [0.1, 0.15) is 5.00 Å². The molecule has 1 aromatic heterocycles. The molecule has 4 N–H and O–H groups in total. The Balaban J connectivity index is 2.27. The summed E-state index contributed by atoms with van der Waals surface area (Å²) in [5.74, 6) is -0.0416. The normalized spacial score (nSPS) is 17.1. The summed E-state index contributed by atoms with van der Waals surface area (Å²) < 4.78 is 0. The van der Waals surface area contributed by atoms with Crippen molar-refractivity contribution in [3.8, 4) is 0 Å². The molecule has 1 atom stereocenters. The summed E-state index contributed by atoms with van der Waals surface area (Å²) in [5, 5.41) is 6.42. The molecule has 2 amide bonds. The van der Waals surface area contributed by atoms with Gasteiger partial charge in [0.05, 0.1) is 5.56 Å². The van der Waals surface area contributed by atoms with Crippen molar-refractivity contribution in [2.75, 3.05) is 5.32 Å². The van der Waals surface area contributed by atoms with E-state index >= 15 is 0 Å². The molecule has 0 spiro atoms. The van der Waals surface area contributed by atoms with Crippen molar-refractivity contribution in [1.29, 1.82) is 0 Å². The van der Waals surface area contributed by atoms with E-state index in [1.807, 2.05) is 0 Å². The van der Waals surface area contributed by atoms with Crippen LogP contribution in [-0.4, -0.2) is 16.9 Å². The highest BCUT2D eigenvalue weighted by Gasteiger charge is 2.33. The zero-order valence-electron chi connectivity index (χ0n) is 14.6. The van der Waals surface area contributed by atoms with Gasteiger partial charge in [-0.15, -0.1) is 11.3 Å². The lowest BCUT2D eigenvalue weighted by atomic mass is 9.72. The van der Waals surface area contributed by atoms with Crippen molar-refractivity contribution >= 4 is 45.5 Å². The minimum atomic E-state index is -0.450. The highest BCUT2D eigenvalue weighted by Crippen LogP contribution is 2.44. The SMILES string of the molecule is CCC(=O)NC(=S)Nc1sc2c(c1C(N)=O)CC[C@@H](C(C)(C)C)C2. The lowest BCUT2D eigenvalue weighted by molar-refractivity contribution is -0.119. The minimum absolute atomic E-state index is 0.165. The molecule has 1 heterocycles. The van der Waals surface area contributed by atoms with Crippen molar-refractivity contribution < 1.29 is 9.59 Å². The average molecular weight is 368 g/mol. The Kier molecular flexibility index (Phi) is 5.65. The summed E-state index contributed by atoms with van der Waals surface area (Å²) in [7, 11) is 0. The number of thiocarbonyl (C=S) groups is 1. The number of primary amides is 1. The minimum Gasteiger partial charge on any atom is -0.365 e. The number of carbonyl (C=O) groups excluding carboxylic acids is 2. The number of rotatable bonds is 3. The topological polar surface area (TPSA) is 84.2 Å². The summed E-state index contributed by atoms with van der Waals surface area (Å²) in [4.78, 5) is 24.6. The number of thiophene rings is 1. The van der Waals surface area contributed by atoms with Crippen LogP contribution < -0.4 is 16.4 Å². The van der Waals surface area contributed by atoms with E-state index in [0.717, 1.165) is 24.8 Å². The first kappa shape index (κ1) is 18.9. The van der Waals surface area contributed by atoms with E-state index in [1.54, 1.807) is 6.92 Å². The first-order valence-corrected chi connectivity index (χ1v) is 9.41. The van der Waals surface area contributed by atoms with Crippen LogP contribution in [0, 0.1) is 11.3 Å². The van der Waals surface area contributed by atoms with Gasteiger partial charge in [-0.25, -0.2) is 0 Å². The van der Waals surface area contributed by atoms with Crippen molar-refractivity contribution in [3.05, 3.63) is 16.0 Å². The third kappa shape index (κ3) is 4.13. The van der Waals surface area contributed by atoms with Gasteiger partial charge < -0.3 is 16.4 Å². The third-order valence-electron chi connectivity index (χ3n) is 4.54. The van der Waals surface area contributed by atoms with Gasteiger partial charge >= 0.3 is 0 Å². The number of carbonyl (C=O) groups is 2. The van der Waals surface area contributed by atoms with Crippen LogP contribution in [0.5, 0.6) is 0 Å². The second kappa shape index (κ2) is 7.19. The second-order valence-corrected chi connectivity index (χ2v) is 8.75. The molecule has 1 aromatic rings. The Labute approximate surface area is 152 Å². The molecule has 0 unspecified atom stereocenters. The molecule has 5 nitrogen and oxygen atoms in total. The highest BCUT2D eigenvalue weighted by atomic mass is 32.1. The molecule has 0 saturated carbocycles. The molecule has 132 valence electrons. The summed E-state index contributed by atoms with van der Waals surface area (Å²) in [6.07, 6.45) is 3.18. The van der Waals surface area contributed by atoms with Crippen LogP contribution >= 0.6 is 23.6 Å². The molecule has 0 aliphatic heterocycles. The van der Waals surface area contributed by atoms with E-state index < -0.39 is 5.91 Å². The summed E-state index contributed by atoms with van der Waals surface area (Å²) in [5.41, 5.74) is 7.40. The maximum atomic E-state index is 12.0. The van der Waals surface area contributed by atoms with Gasteiger partial charge in [-0.2, -0.15) is 0 Å². The Bertz CT molecular complexity index is 674. The monoisotopic (exact) mass is 367 g/mol. The zero-order chi connectivity index (χ0) is 18.1. The van der Waals surface area contributed by atoms with E-state index in [4.69, 9.17) is 18.0 Å². The molecular weight excluding hydrogens is 342 g/mol. The van der Waals surface area contributed by atoms with Crippen LogP contribution in [0.1, 0.15) is 61.3 Å². The maximum Gasteiger partial charge on any atom is 0.251 e.